The minimum Gasteiger partial charge on any atom is -0.355 e. The maximum atomic E-state index is 11.9. The molecule has 2 N–H and O–H groups in total. The molecule has 4 nitrogen and oxygen atoms in total. The lowest BCUT2D eigenvalue weighted by Gasteiger charge is -2.31. The summed E-state index contributed by atoms with van der Waals surface area (Å²) in [5, 5.41) is 6.47. The molecule has 1 aliphatic carbocycles. The lowest BCUT2D eigenvalue weighted by atomic mass is 9.93. The minimum atomic E-state index is 0.241. The Balaban J connectivity index is 1.51. The van der Waals surface area contributed by atoms with Crippen molar-refractivity contribution in [2.45, 2.75) is 63.8 Å². The van der Waals surface area contributed by atoms with Crippen molar-refractivity contribution in [3.8, 4) is 0 Å². The Morgan fingerprint density at radius 1 is 1.14 bits per heavy atom. The molecule has 1 saturated heterocycles. The van der Waals surface area contributed by atoms with E-state index in [1.807, 2.05) is 0 Å². The molecular weight excluding hydrogens is 262 g/mol. The van der Waals surface area contributed by atoms with Crippen molar-refractivity contribution in [1.29, 1.82) is 0 Å². The molecule has 1 saturated carbocycles. The third kappa shape index (κ3) is 6.35. The van der Waals surface area contributed by atoms with Crippen molar-refractivity contribution < 1.29 is 4.79 Å². The second-order valence-corrected chi connectivity index (χ2v) is 6.85. The number of carbonyl (C=O) groups excluding carboxylic acids is 1. The van der Waals surface area contributed by atoms with Crippen LogP contribution in [0.25, 0.3) is 0 Å². The molecule has 0 unspecified atom stereocenters. The van der Waals surface area contributed by atoms with E-state index >= 15 is 0 Å². The van der Waals surface area contributed by atoms with Gasteiger partial charge in [-0.25, -0.2) is 0 Å². The molecule has 0 aromatic rings. The molecular formula is C17H33N3O. The monoisotopic (exact) mass is 295 g/mol. The maximum Gasteiger partial charge on any atom is 0.220 e. The minimum absolute atomic E-state index is 0.241. The zero-order valence-electron chi connectivity index (χ0n) is 13.7. The Morgan fingerprint density at radius 3 is 2.57 bits per heavy atom. The second-order valence-electron chi connectivity index (χ2n) is 6.85. The molecule has 0 aromatic carbocycles. The van der Waals surface area contributed by atoms with Gasteiger partial charge in [0.05, 0.1) is 0 Å². The molecule has 0 spiro atoms. The standard InChI is InChI=1S/C17H33N3O/c1-20(16-5-3-2-4-6-16)14-13-19-17(21)8-7-15-9-11-18-12-10-15/h15-16,18H,2-14H2,1H3,(H,19,21). The van der Waals surface area contributed by atoms with E-state index in [0.29, 0.717) is 6.42 Å². The topological polar surface area (TPSA) is 44.4 Å². The Bertz CT molecular complexity index is 296. The maximum absolute atomic E-state index is 11.9. The van der Waals surface area contributed by atoms with Crippen molar-refractivity contribution in [2.24, 2.45) is 5.92 Å². The largest absolute Gasteiger partial charge is 0.355 e. The van der Waals surface area contributed by atoms with Crippen LogP contribution in [0.4, 0.5) is 0 Å². The van der Waals surface area contributed by atoms with E-state index in [1.54, 1.807) is 0 Å². The number of hydrogen-bond donors (Lipinski definition) is 2. The molecule has 1 aliphatic heterocycles. The van der Waals surface area contributed by atoms with Gasteiger partial charge in [0.15, 0.2) is 0 Å². The molecule has 1 heterocycles. The molecule has 122 valence electrons. The number of hydrogen-bond acceptors (Lipinski definition) is 3. The van der Waals surface area contributed by atoms with E-state index < -0.39 is 0 Å². The van der Waals surface area contributed by atoms with Gasteiger partial charge in [-0.05, 0) is 58.2 Å². The predicted octanol–water partition coefficient (Wildman–Crippen LogP) is 2.15. The summed E-state index contributed by atoms with van der Waals surface area (Å²) in [6, 6.07) is 0.741. The molecule has 1 amide bonds. The second kappa shape index (κ2) is 9.42. The quantitative estimate of drug-likeness (QED) is 0.756. The van der Waals surface area contributed by atoms with Crippen LogP contribution in [0.2, 0.25) is 0 Å². The predicted molar refractivity (Wildman–Crippen MR) is 87.3 cm³/mol. The van der Waals surface area contributed by atoms with Gasteiger partial charge in [-0.3, -0.25) is 4.79 Å². The first kappa shape index (κ1) is 16.8. The van der Waals surface area contributed by atoms with Gasteiger partial charge >= 0.3 is 0 Å². The number of carbonyl (C=O) groups is 1. The Morgan fingerprint density at radius 2 is 1.86 bits per heavy atom. The summed E-state index contributed by atoms with van der Waals surface area (Å²) in [5.41, 5.74) is 0. The summed E-state index contributed by atoms with van der Waals surface area (Å²) < 4.78 is 0. The van der Waals surface area contributed by atoms with Gasteiger partial charge in [0.25, 0.3) is 0 Å². The first-order chi connectivity index (χ1) is 10.3. The van der Waals surface area contributed by atoms with E-state index in [4.69, 9.17) is 0 Å². The van der Waals surface area contributed by atoms with E-state index in [9.17, 15) is 4.79 Å². The Hall–Kier alpha value is -0.610. The smallest absolute Gasteiger partial charge is 0.220 e. The SMILES string of the molecule is CN(CCNC(=O)CCC1CCNCC1)C1CCCCC1. The van der Waals surface area contributed by atoms with Gasteiger partial charge in [-0.2, -0.15) is 0 Å². The van der Waals surface area contributed by atoms with Crippen LogP contribution in [0.3, 0.4) is 0 Å². The van der Waals surface area contributed by atoms with Crippen molar-refractivity contribution in [3.05, 3.63) is 0 Å². The van der Waals surface area contributed by atoms with Crippen molar-refractivity contribution >= 4 is 5.91 Å². The summed E-state index contributed by atoms with van der Waals surface area (Å²) >= 11 is 0. The number of rotatable bonds is 7. The highest BCUT2D eigenvalue weighted by atomic mass is 16.1. The molecule has 0 aromatic heterocycles. The fourth-order valence-electron chi connectivity index (χ4n) is 3.67. The van der Waals surface area contributed by atoms with Gasteiger partial charge < -0.3 is 15.5 Å². The lowest BCUT2D eigenvalue weighted by Crippen LogP contribution is -2.39. The van der Waals surface area contributed by atoms with E-state index in [1.165, 1.54) is 44.9 Å². The summed E-state index contributed by atoms with van der Waals surface area (Å²) in [6.07, 6.45) is 11.0. The number of nitrogens with zero attached hydrogens (tertiary/aromatic N) is 1. The van der Waals surface area contributed by atoms with Crippen molar-refractivity contribution in [3.63, 3.8) is 0 Å². The first-order valence-corrected chi connectivity index (χ1v) is 8.93. The summed E-state index contributed by atoms with van der Waals surface area (Å²) in [4.78, 5) is 14.3. The van der Waals surface area contributed by atoms with Crippen molar-refractivity contribution in [1.82, 2.24) is 15.5 Å². The third-order valence-electron chi connectivity index (χ3n) is 5.22. The molecule has 21 heavy (non-hydrogen) atoms. The van der Waals surface area contributed by atoms with Crippen molar-refractivity contribution in [2.75, 3.05) is 33.2 Å². The normalized spacial score (nSPS) is 21.6. The fraction of sp³-hybridized carbons (Fsp3) is 0.941. The summed E-state index contributed by atoms with van der Waals surface area (Å²) in [5.74, 6) is 0.993. The molecule has 4 heteroatoms. The molecule has 0 bridgehead atoms. The Kier molecular flexibility index (Phi) is 7.51. The van der Waals surface area contributed by atoms with Gasteiger partial charge in [0.2, 0.25) is 5.91 Å². The van der Waals surface area contributed by atoms with Gasteiger partial charge in [0, 0.05) is 25.6 Å². The van der Waals surface area contributed by atoms with Crippen LogP contribution < -0.4 is 10.6 Å². The highest BCUT2D eigenvalue weighted by Crippen LogP contribution is 2.21. The van der Waals surface area contributed by atoms with E-state index in [2.05, 4.69) is 22.6 Å². The van der Waals surface area contributed by atoms with Gasteiger partial charge in [0.1, 0.15) is 0 Å². The fourth-order valence-corrected chi connectivity index (χ4v) is 3.67. The van der Waals surface area contributed by atoms with Crippen LogP contribution in [0.1, 0.15) is 57.8 Å². The highest BCUT2D eigenvalue weighted by molar-refractivity contribution is 5.75. The number of piperidine rings is 1. The Labute approximate surface area is 130 Å². The zero-order chi connectivity index (χ0) is 14.9. The van der Waals surface area contributed by atoms with E-state index in [-0.39, 0.29) is 5.91 Å². The van der Waals surface area contributed by atoms with Crippen LogP contribution in [0.15, 0.2) is 0 Å². The number of amides is 1. The van der Waals surface area contributed by atoms with E-state index in [0.717, 1.165) is 44.6 Å². The zero-order valence-corrected chi connectivity index (χ0v) is 13.7. The van der Waals surface area contributed by atoms with Crippen LogP contribution in [-0.2, 0) is 4.79 Å². The summed E-state index contributed by atoms with van der Waals surface area (Å²) in [7, 11) is 2.21. The van der Waals surface area contributed by atoms with Crippen LogP contribution >= 0.6 is 0 Å². The summed E-state index contributed by atoms with van der Waals surface area (Å²) in [6.45, 7) is 4.04. The van der Waals surface area contributed by atoms with Crippen LogP contribution in [0.5, 0.6) is 0 Å². The molecule has 2 fully saturated rings. The van der Waals surface area contributed by atoms with Crippen LogP contribution in [-0.4, -0.2) is 50.1 Å². The number of likely N-dealkylation sites (N-methyl/N-ethyl adjacent to an activating group) is 1. The molecule has 2 aliphatic rings. The average molecular weight is 295 g/mol. The van der Waals surface area contributed by atoms with Gasteiger partial charge in [-0.1, -0.05) is 19.3 Å². The average Bonchev–Trinajstić information content (AvgIpc) is 2.54. The third-order valence-corrected chi connectivity index (χ3v) is 5.22. The molecule has 2 rings (SSSR count). The van der Waals surface area contributed by atoms with Crippen LogP contribution in [0, 0.1) is 5.92 Å². The highest BCUT2D eigenvalue weighted by Gasteiger charge is 2.18. The first-order valence-electron chi connectivity index (χ1n) is 8.93. The lowest BCUT2D eigenvalue weighted by molar-refractivity contribution is -0.121. The molecule has 0 atom stereocenters. The molecule has 0 radical (unpaired) electrons. The number of nitrogens with one attached hydrogen (secondary N) is 2. The van der Waals surface area contributed by atoms with Gasteiger partial charge in [-0.15, -0.1) is 0 Å².